The van der Waals surface area contributed by atoms with Gasteiger partial charge in [0.1, 0.15) is 17.0 Å². The van der Waals surface area contributed by atoms with Crippen molar-refractivity contribution in [2.45, 2.75) is 13.1 Å². The summed E-state index contributed by atoms with van der Waals surface area (Å²) in [4.78, 5) is 22.1. The van der Waals surface area contributed by atoms with Crippen molar-refractivity contribution in [3.8, 4) is 28.6 Å². The van der Waals surface area contributed by atoms with Gasteiger partial charge in [0.25, 0.3) is 0 Å². The minimum atomic E-state index is -0.252. The molecule has 0 saturated heterocycles. The van der Waals surface area contributed by atoms with Gasteiger partial charge in [0.05, 0.1) is 26.1 Å². The maximum absolute atomic E-state index is 13.1. The van der Waals surface area contributed by atoms with Gasteiger partial charge in [-0.25, -0.2) is 9.78 Å². The van der Waals surface area contributed by atoms with E-state index in [0.717, 1.165) is 17.0 Å². The zero-order valence-corrected chi connectivity index (χ0v) is 18.9. The van der Waals surface area contributed by atoms with E-state index in [-0.39, 0.29) is 11.6 Å². The Labute approximate surface area is 197 Å². The number of hydrogen-bond acceptors (Lipinski definition) is 9. The Bertz CT molecular complexity index is 1720. The fourth-order valence-electron chi connectivity index (χ4n) is 4.01. The molecule has 0 aliphatic heterocycles. The van der Waals surface area contributed by atoms with Crippen molar-refractivity contribution in [2.24, 2.45) is 7.05 Å². The summed E-state index contributed by atoms with van der Waals surface area (Å²) >= 11 is 0. The molecule has 1 aromatic carbocycles. The summed E-state index contributed by atoms with van der Waals surface area (Å²) in [5.41, 5.74) is 8.90. The molecule has 176 valence electrons. The molecule has 0 radical (unpaired) electrons. The first-order valence-electron chi connectivity index (χ1n) is 10.7. The third-order valence-corrected chi connectivity index (χ3v) is 5.80. The van der Waals surface area contributed by atoms with Gasteiger partial charge in [-0.3, -0.25) is 13.8 Å². The smallest absolute Gasteiger partial charge is 0.330 e. The molecule has 0 atom stereocenters. The number of rotatable bonds is 6. The highest BCUT2D eigenvalue weighted by molar-refractivity contribution is 5.88. The molecule has 0 spiro atoms. The molecule has 2 N–H and O–H groups in total. The van der Waals surface area contributed by atoms with Crippen LogP contribution in [0.25, 0.3) is 39.7 Å². The summed E-state index contributed by atoms with van der Waals surface area (Å²) in [6.45, 7) is 0.711. The first-order valence-corrected chi connectivity index (χ1v) is 10.7. The summed E-state index contributed by atoms with van der Waals surface area (Å²) in [5, 5.41) is 12.8. The fraction of sp³-hybridized carbons (Fsp3) is 0.182. The first-order chi connectivity index (χ1) is 17.0. The lowest BCUT2D eigenvalue weighted by Gasteiger charge is -2.04. The van der Waals surface area contributed by atoms with Crippen LogP contribution in [0.3, 0.4) is 0 Å². The summed E-state index contributed by atoms with van der Waals surface area (Å²) in [5.74, 6) is 1.72. The van der Waals surface area contributed by atoms with E-state index < -0.39 is 0 Å². The van der Waals surface area contributed by atoms with Gasteiger partial charge >= 0.3 is 5.69 Å². The second-order valence-electron chi connectivity index (χ2n) is 7.88. The van der Waals surface area contributed by atoms with Crippen molar-refractivity contribution in [1.82, 2.24) is 43.7 Å². The average Bonchev–Trinajstić information content (AvgIpc) is 3.66. The zero-order valence-electron chi connectivity index (χ0n) is 18.9. The number of methoxy groups -OCH3 is 1. The highest BCUT2D eigenvalue weighted by atomic mass is 16.5. The van der Waals surface area contributed by atoms with Gasteiger partial charge < -0.3 is 14.9 Å². The number of furan rings is 1. The van der Waals surface area contributed by atoms with E-state index in [1.54, 1.807) is 35.5 Å². The van der Waals surface area contributed by atoms with E-state index in [1.807, 2.05) is 30.5 Å². The fourth-order valence-corrected chi connectivity index (χ4v) is 4.01. The van der Waals surface area contributed by atoms with E-state index >= 15 is 0 Å². The number of nitrogen functional groups attached to an aromatic ring is 1. The Kier molecular flexibility index (Phi) is 4.62. The van der Waals surface area contributed by atoms with Crippen molar-refractivity contribution in [1.29, 1.82) is 0 Å². The van der Waals surface area contributed by atoms with Crippen molar-refractivity contribution >= 4 is 22.8 Å². The van der Waals surface area contributed by atoms with Crippen LogP contribution < -0.4 is 16.2 Å². The van der Waals surface area contributed by atoms with Crippen molar-refractivity contribution in [3.63, 3.8) is 0 Å². The lowest BCUT2D eigenvalue weighted by Crippen LogP contribution is -2.24. The minimum Gasteiger partial charge on any atom is -0.497 e. The number of anilines is 1. The number of benzene rings is 1. The molecule has 0 aliphatic carbocycles. The number of nitrogens with two attached hydrogens (primary N) is 1. The first kappa shape index (κ1) is 20.7. The van der Waals surface area contributed by atoms with E-state index in [2.05, 4.69) is 25.4 Å². The summed E-state index contributed by atoms with van der Waals surface area (Å²) in [7, 11) is 3.28. The Balaban J connectivity index is 1.34. The van der Waals surface area contributed by atoms with Gasteiger partial charge in [0, 0.05) is 19.2 Å². The van der Waals surface area contributed by atoms with Gasteiger partial charge in [-0.05, 0) is 36.4 Å². The van der Waals surface area contributed by atoms with Crippen molar-refractivity contribution in [2.75, 3.05) is 12.8 Å². The number of fused-ring (bicyclic) bond motifs is 3. The molecule has 6 rings (SSSR count). The second-order valence-corrected chi connectivity index (χ2v) is 7.88. The van der Waals surface area contributed by atoms with Crippen LogP contribution in [0.2, 0.25) is 0 Å². The molecule has 13 heteroatoms. The molecule has 0 bridgehead atoms. The Morgan fingerprint density at radius 1 is 1.09 bits per heavy atom. The van der Waals surface area contributed by atoms with Crippen LogP contribution in [0.4, 0.5) is 5.95 Å². The zero-order chi connectivity index (χ0) is 24.1. The van der Waals surface area contributed by atoms with E-state index in [1.165, 1.54) is 15.3 Å². The highest BCUT2D eigenvalue weighted by Crippen LogP contribution is 2.23. The largest absolute Gasteiger partial charge is 0.497 e. The summed E-state index contributed by atoms with van der Waals surface area (Å²) in [6.07, 6.45) is 3.36. The van der Waals surface area contributed by atoms with E-state index in [4.69, 9.17) is 14.9 Å². The maximum Gasteiger partial charge on any atom is 0.330 e. The minimum absolute atomic E-state index is 0.111. The van der Waals surface area contributed by atoms with Gasteiger partial charge in [0.15, 0.2) is 17.1 Å². The molecule has 0 fully saturated rings. The molecule has 6 aromatic rings. The Hall–Kier alpha value is -4.94. The van der Waals surface area contributed by atoms with Gasteiger partial charge in [0.2, 0.25) is 11.8 Å². The molecule has 13 nitrogen and oxygen atoms in total. The van der Waals surface area contributed by atoms with Gasteiger partial charge in [-0.2, -0.15) is 9.50 Å². The Morgan fingerprint density at radius 3 is 2.66 bits per heavy atom. The van der Waals surface area contributed by atoms with Crippen molar-refractivity contribution < 1.29 is 9.15 Å². The lowest BCUT2D eigenvalue weighted by molar-refractivity contribution is 0.415. The van der Waals surface area contributed by atoms with Crippen LogP contribution in [-0.2, 0) is 20.1 Å². The number of aromatic nitrogens is 9. The third-order valence-electron chi connectivity index (χ3n) is 5.80. The predicted octanol–water partition coefficient (Wildman–Crippen LogP) is 1.59. The summed E-state index contributed by atoms with van der Waals surface area (Å²) < 4.78 is 16.7. The lowest BCUT2D eigenvalue weighted by atomic mass is 10.2. The molecule has 5 heterocycles. The number of aryl methyl sites for hydroxylation is 3. The second kappa shape index (κ2) is 7.83. The van der Waals surface area contributed by atoms with Gasteiger partial charge in [-0.15, -0.1) is 10.2 Å². The maximum atomic E-state index is 13.1. The molecule has 0 saturated carbocycles. The van der Waals surface area contributed by atoms with Crippen LogP contribution >= 0.6 is 0 Å². The molecule has 0 amide bonds. The van der Waals surface area contributed by atoms with Crippen LogP contribution in [0, 0.1) is 0 Å². The average molecular weight is 472 g/mol. The molecular formula is C22H20N10O3. The van der Waals surface area contributed by atoms with Crippen LogP contribution in [0.5, 0.6) is 5.75 Å². The SMILES string of the molecule is COc1ccc(-c2cn(CCn3c(=O)n(C)c4c3nc(N)n3nc(-c5ccco5)nc43)nn2)cc1. The molecule has 0 aliphatic rings. The molecule has 5 aromatic heterocycles. The monoisotopic (exact) mass is 472 g/mol. The van der Waals surface area contributed by atoms with Crippen LogP contribution in [0.15, 0.2) is 58.1 Å². The molecule has 35 heavy (non-hydrogen) atoms. The Morgan fingerprint density at radius 2 is 1.91 bits per heavy atom. The molecule has 0 unspecified atom stereocenters. The topological polar surface area (TPSA) is 149 Å². The van der Waals surface area contributed by atoms with E-state index in [0.29, 0.717) is 41.5 Å². The predicted molar refractivity (Wildman–Crippen MR) is 126 cm³/mol. The number of hydrogen-bond donors (Lipinski definition) is 1. The van der Waals surface area contributed by atoms with E-state index in [9.17, 15) is 4.79 Å². The number of ether oxygens (including phenoxy) is 1. The van der Waals surface area contributed by atoms with Crippen molar-refractivity contribution in [3.05, 3.63) is 59.3 Å². The molecular weight excluding hydrogens is 452 g/mol. The third kappa shape index (κ3) is 3.32. The van der Waals surface area contributed by atoms with Crippen LogP contribution in [0.1, 0.15) is 0 Å². The summed E-state index contributed by atoms with van der Waals surface area (Å²) in [6, 6.07) is 11.0. The number of imidazole rings is 1. The van der Waals surface area contributed by atoms with Gasteiger partial charge in [-0.1, -0.05) is 5.21 Å². The number of nitrogens with zero attached hydrogens (tertiary/aromatic N) is 9. The standard InChI is InChI=1S/C22H20N10O3/c1-29-17-19(25-21(23)32-20(17)24-18(27-32)16-4-3-11-35-16)31(22(29)33)10-9-30-12-15(26-28-30)13-5-7-14(34-2)8-6-13/h3-8,11-12H,9-10H2,1-2H3,(H2,23,25). The highest BCUT2D eigenvalue weighted by Gasteiger charge is 2.21. The van der Waals surface area contributed by atoms with Crippen LogP contribution in [-0.4, -0.2) is 50.8 Å². The quantitative estimate of drug-likeness (QED) is 0.381. The normalized spacial score (nSPS) is 11.6.